The zero-order valence-corrected chi connectivity index (χ0v) is 22.1. The molecule has 0 saturated carbocycles. The molecule has 1 fully saturated rings. The second-order valence-electron chi connectivity index (χ2n) is 8.79. The van der Waals surface area contributed by atoms with Gasteiger partial charge in [-0.2, -0.15) is 13.2 Å². The van der Waals surface area contributed by atoms with Crippen molar-refractivity contribution in [3.8, 4) is 0 Å². The normalized spacial score (nSPS) is 14.9. The van der Waals surface area contributed by atoms with Gasteiger partial charge in [0.1, 0.15) is 0 Å². The molecule has 0 radical (unpaired) electrons. The Morgan fingerprint density at radius 3 is 2.49 bits per heavy atom. The van der Waals surface area contributed by atoms with E-state index >= 15 is 0 Å². The predicted octanol–water partition coefficient (Wildman–Crippen LogP) is 5.26. The van der Waals surface area contributed by atoms with Gasteiger partial charge in [0.2, 0.25) is 0 Å². The minimum absolute atomic E-state index is 0.264. The highest BCUT2D eigenvalue weighted by atomic mass is 32.1. The lowest BCUT2D eigenvalue weighted by molar-refractivity contribution is -0.141. The van der Waals surface area contributed by atoms with Crippen molar-refractivity contribution in [2.24, 2.45) is 5.73 Å². The molecule has 196 valence electrons. The number of likely N-dealkylation sites (N-methyl/N-ethyl adjacent to an activating group) is 1. The highest BCUT2D eigenvalue weighted by molar-refractivity contribution is 7.11. The van der Waals surface area contributed by atoms with Crippen LogP contribution in [0.5, 0.6) is 0 Å². The molecule has 0 bridgehead atoms. The molecule has 0 aliphatic carbocycles. The van der Waals surface area contributed by atoms with Crippen LogP contribution >= 0.6 is 11.3 Å². The van der Waals surface area contributed by atoms with Crippen molar-refractivity contribution in [1.82, 2.24) is 14.8 Å². The number of halogens is 3. The molecule has 2 heterocycles. The Morgan fingerprint density at radius 2 is 1.89 bits per heavy atom. The van der Waals surface area contributed by atoms with Gasteiger partial charge in [-0.3, -0.25) is 0 Å². The number of benzene rings is 1. The third-order valence-electron chi connectivity index (χ3n) is 6.05. The molecule has 2 N–H and O–H groups in total. The number of anilines is 1. The van der Waals surface area contributed by atoms with Crippen molar-refractivity contribution in [3.05, 3.63) is 58.2 Å². The van der Waals surface area contributed by atoms with Crippen LogP contribution in [0.15, 0.2) is 37.0 Å². The molecule has 2 aromatic rings. The monoisotopic (exact) mass is 511 g/mol. The maximum Gasteiger partial charge on any atom is 0.434 e. The first-order valence-electron chi connectivity index (χ1n) is 12.3. The van der Waals surface area contributed by atoms with Crippen LogP contribution in [0, 0.1) is 0 Å². The summed E-state index contributed by atoms with van der Waals surface area (Å²) in [4.78, 5) is 11.2. The summed E-state index contributed by atoms with van der Waals surface area (Å²) in [5.74, 6) is 0. The molecule has 5 nitrogen and oxygen atoms in total. The molecule has 0 spiro atoms. The Balaban J connectivity index is 0.00000137. The molecule has 1 aromatic carbocycles. The number of hydrogen-bond acceptors (Lipinski definition) is 6. The van der Waals surface area contributed by atoms with Crippen molar-refractivity contribution in [2.45, 2.75) is 45.7 Å². The number of unbranched alkanes of at least 4 members (excludes halogenated alkanes) is 1. The quantitative estimate of drug-likeness (QED) is 0.472. The largest absolute Gasteiger partial charge is 0.434 e. The minimum atomic E-state index is -4.42. The second-order valence-corrected chi connectivity index (χ2v) is 9.96. The van der Waals surface area contributed by atoms with Gasteiger partial charge >= 0.3 is 6.18 Å². The standard InChI is InChI=1S/C24H35F3N4S.C2H5N/c1-4-6-11-31(5-2)20-9-7-8-19(17-20)18-21-23(24(25,26)27)28-22(32-21)10-12-30-15-13-29(3)14-16-30;1-2-3/h7-9,17H,4-6,10-16,18H2,1-3H3;2H,1,3H2. The highest BCUT2D eigenvalue weighted by Gasteiger charge is 2.37. The Labute approximate surface area is 212 Å². The summed E-state index contributed by atoms with van der Waals surface area (Å²) >= 11 is 1.22. The van der Waals surface area contributed by atoms with Crippen LogP contribution in [0.25, 0.3) is 0 Å². The topological polar surface area (TPSA) is 48.6 Å². The van der Waals surface area contributed by atoms with Crippen LogP contribution in [0.4, 0.5) is 18.9 Å². The Hall–Kier alpha value is -2.10. The summed E-state index contributed by atoms with van der Waals surface area (Å²) in [7, 11) is 2.10. The number of hydrogen-bond donors (Lipinski definition) is 1. The Kier molecular flexibility index (Phi) is 12.0. The number of rotatable bonds is 10. The van der Waals surface area contributed by atoms with Gasteiger partial charge in [-0.1, -0.05) is 32.1 Å². The average Bonchev–Trinajstić information content (AvgIpc) is 3.23. The first-order chi connectivity index (χ1) is 16.7. The minimum Gasteiger partial charge on any atom is -0.405 e. The molecule has 0 amide bonds. The van der Waals surface area contributed by atoms with Crippen LogP contribution in [-0.4, -0.2) is 67.6 Å². The van der Waals surface area contributed by atoms with E-state index in [2.05, 4.69) is 52.9 Å². The van der Waals surface area contributed by atoms with E-state index in [4.69, 9.17) is 0 Å². The number of nitrogens with zero attached hydrogens (tertiary/aromatic N) is 4. The van der Waals surface area contributed by atoms with E-state index in [0.29, 0.717) is 16.3 Å². The first kappa shape index (κ1) is 29.1. The molecule has 1 saturated heterocycles. The fourth-order valence-corrected chi connectivity index (χ4v) is 5.15. The lowest BCUT2D eigenvalue weighted by atomic mass is 10.1. The van der Waals surface area contributed by atoms with Crippen LogP contribution in [0.1, 0.15) is 47.8 Å². The van der Waals surface area contributed by atoms with Gasteiger partial charge in [-0.05, 0) is 44.3 Å². The molecule has 35 heavy (non-hydrogen) atoms. The lowest BCUT2D eigenvalue weighted by Gasteiger charge is -2.32. The molecule has 1 aromatic heterocycles. The van der Waals surface area contributed by atoms with E-state index in [9.17, 15) is 13.2 Å². The van der Waals surface area contributed by atoms with Crippen molar-refractivity contribution in [1.29, 1.82) is 0 Å². The molecular weight excluding hydrogens is 471 g/mol. The van der Waals surface area contributed by atoms with Gasteiger partial charge < -0.3 is 20.4 Å². The average molecular weight is 512 g/mol. The van der Waals surface area contributed by atoms with E-state index in [1.165, 1.54) is 17.5 Å². The molecule has 3 rings (SSSR count). The summed E-state index contributed by atoms with van der Waals surface area (Å²) in [6.45, 7) is 13.9. The summed E-state index contributed by atoms with van der Waals surface area (Å²) in [6.07, 6.45) is -0.130. The van der Waals surface area contributed by atoms with Gasteiger partial charge in [0.15, 0.2) is 5.69 Å². The van der Waals surface area contributed by atoms with E-state index in [-0.39, 0.29) is 6.42 Å². The van der Waals surface area contributed by atoms with Crippen LogP contribution in [0.2, 0.25) is 0 Å². The van der Waals surface area contributed by atoms with Gasteiger partial charge in [-0.15, -0.1) is 11.3 Å². The van der Waals surface area contributed by atoms with Crippen LogP contribution < -0.4 is 10.6 Å². The van der Waals surface area contributed by atoms with Gasteiger partial charge in [0, 0.05) is 69.2 Å². The fraction of sp³-hybridized carbons (Fsp3) is 0.577. The predicted molar refractivity (Wildman–Crippen MR) is 141 cm³/mol. The number of thiazole rings is 1. The molecule has 0 atom stereocenters. The third-order valence-corrected chi connectivity index (χ3v) is 7.17. The van der Waals surface area contributed by atoms with E-state index < -0.39 is 11.9 Å². The van der Waals surface area contributed by atoms with E-state index in [0.717, 1.165) is 69.9 Å². The van der Waals surface area contributed by atoms with E-state index in [1.807, 2.05) is 24.3 Å². The number of piperazine rings is 1. The van der Waals surface area contributed by atoms with Crippen LogP contribution in [-0.2, 0) is 19.0 Å². The smallest absolute Gasteiger partial charge is 0.405 e. The van der Waals surface area contributed by atoms with Crippen molar-refractivity contribution < 1.29 is 13.2 Å². The summed E-state index contributed by atoms with van der Waals surface area (Å²) in [6, 6.07) is 7.94. The number of alkyl halides is 3. The highest BCUT2D eigenvalue weighted by Crippen LogP contribution is 2.36. The number of aromatic nitrogens is 1. The first-order valence-corrected chi connectivity index (χ1v) is 13.2. The SMILES string of the molecule is C=CN.CCCCN(CC)c1cccc(Cc2sc(CCN3CCN(C)CC3)nc2C(F)(F)F)c1. The summed E-state index contributed by atoms with van der Waals surface area (Å²) in [5, 5.41) is 0.584. The van der Waals surface area contributed by atoms with Crippen molar-refractivity contribution in [2.75, 3.05) is 57.8 Å². The van der Waals surface area contributed by atoms with Crippen molar-refractivity contribution >= 4 is 17.0 Å². The van der Waals surface area contributed by atoms with Gasteiger partial charge in [-0.25, -0.2) is 4.98 Å². The zero-order valence-electron chi connectivity index (χ0n) is 21.3. The Bertz CT molecular complexity index is 891. The molecule has 9 heteroatoms. The summed E-state index contributed by atoms with van der Waals surface area (Å²) in [5.41, 5.74) is 5.88. The maximum atomic E-state index is 13.7. The zero-order chi connectivity index (χ0) is 25.8. The number of nitrogens with two attached hydrogens (primary N) is 1. The van der Waals surface area contributed by atoms with Gasteiger partial charge in [0.05, 0.1) is 5.01 Å². The maximum absolute atomic E-state index is 13.7. The van der Waals surface area contributed by atoms with Crippen molar-refractivity contribution in [3.63, 3.8) is 0 Å². The summed E-state index contributed by atoms with van der Waals surface area (Å²) < 4.78 is 41.2. The molecular formula is C26H40F3N5S. The Morgan fingerprint density at radius 1 is 1.20 bits per heavy atom. The van der Waals surface area contributed by atoms with Crippen LogP contribution in [0.3, 0.4) is 0 Å². The fourth-order valence-electron chi connectivity index (χ4n) is 4.04. The second kappa shape index (κ2) is 14.5. The van der Waals surface area contributed by atoms with E-state index in [1.54, 1.807) is 0 Å². The van der Waals surface area contributed by atoms with Gasteiger partial charge in [0.25, 0.3) is 0 Å². The lowest BCUT2D eigenvalue weighted by Crippen LogP contribution is -2.45. The molecule has 1 aliphatic heterocycles. The third kappa shape index (κ3) is 9.46. The molecule has 1 aliphatic rings. The molecule has 0 unspecified atom stereocenters.